The molecule has 1 aliphatic rings. The van der Waals surface area contributed by atoms with Gasteiger partial charge in [0.15, 0.2) is 11.5 Å². The normalized spacial score (nSPS) is 12.6. The minimum atomic E-state index is -1.01. The van der Waals surface area contributed by atoms with E-state index in [-0.39, 0.29) is 28.7 Å². The number of nitrogens with one attached hydrogen (secondary N) is 2. The van der Waals surface area contributed by atoms with Gasteiger partial charge in [-0.1, -0.05) is 23.7 Å². The summed E-state index contributed by atoms with van der Waals surface area (Å²) in [6.45, 7) is 3.52. The van der Waals surface area contributed by atoms with E-state index in [1.807, 2.05) is 0 Å². The molecule has 12 heteroatoms. The molecule has 2 N–H and O–H groups in total. The van der Waals surface area contributed by atoms with E-state index in [1.165, 1.54) is 24.5 Å². The second-order valence-electron chi connectivity index (χ2n) is 8.96. The van der Waals surface area contributed by atoms with E-state index in [1.54, 1.807) is 50.2 Å². The van der Waals surface area contributed by atoms with Crippen LogP contribution in [0.4, 0.5) is 5.00 Å². The fourth-order valence-electron chi connectivity index (χ4n) is 4.24. The van der Waals surface area contributed by atoms with Crippen molar-refractivity contribution >= 4 is 57.4 Å². The molecule has 2 aromatic carbocycles. The number of benzene rings is 2. The third-order valence-electron chi connectivity index (χ3n) is 6.29. The van der Waals surface area contributed by atoms with Crippen molar-refractivity contribution in [3.63, 3.8) is 0 Å². The number of ether oxygens (including phenoxy) is 3. The van der Waals surface area contributed by atoms with E-state index in [9.17, 15) is 19.2 Å². The molecule has 2 amide bonds. The second-order valence-corrected chi connectivity index (χ2v) is 10.5. The van der Waals surface area contributed by atoms with Crippen molar-refractivity contribution in [3.05, 3.63) is 74.6 Å². The highest BCUT2D eigenvalue weighted by molar-refractivity contribution is 7.17. The molecule has 214 valence electrons. The van der Waals surface area contributed by atoms with Crippen LogP contribution >= 0.6 is 22.9 Å². The molecule has 0 saturated heterocycles. The summed E-state index contributed by atoms with van der Waals surface area (Å²) in [5.41, 5.74) is 4.52. The van der Waals surface area contributed by atoms with Gasteiger partial charge in [0.05, 0.1) is 35.6 Å². The Hall–Kier alpha value is -4.22. The average Bonchev–Trinajstić information content (AvgIpc) is 3.34. The number of carbonyl (C=O) groups excluding carboxylic acids is 4. The number of hydrogen-bond donors (Lipinski definition) is 2. The summed E-state index contributed by atoms with van der Waals surface area (Å²) in [5, 5.41) is 7.12. The number of carbonyl (C=O) groups is 4. The van der Waals surface area contributed by atoms with Gasteiger partial charge in [-0.05, 0) is 75.4 Å². The van der Waals surface area contributed by atoms with Gasteiger partial charge in [-0.25, -0.2) is 15.0 Å². The predicted octanol–water partition coefficient (Wildman–Crippen LogP) is 5.16. The van der Waals surface area contributed by atoms with Crippen LogP contribution in [-0.2, 0) is 27.2 Å². The number of fused-ring (bicyclic) bond motifs is 1. The highest BCUT2D eigenvalue weighted by Gasteiger charge is 2.28. The number of methoxy groups -OCH3 is 1. The lowest BCUT2D eigenvalue weighted by atomic mass is 9.95. The molecule has 1 heterocycles. The maximum Gasteiger partial charge on any atom is 0.345 e. The summed E-state index contributed by atoms with van der Waals surface area (Å²) in [6.07, 6.45) is 3.45. The predicted molar refractivity (Wildman–Crippen MR) is 155 cm³/mol. The van der Waals surface area contributed by atoms with Gasteiger partial charge >= 0.3 is 23.8 Å². The fourth-order valence-corrected chi connectivity index (χ4v) is 5.73. The lowest BCUT2D eigenvalue weighted by Crippen LogP contribution is -2.33. The smallest absolute Gasteiger partial charge is 0.345 e. The van der Waals surface area contributed by atoms with Crippen molar-refractivity contribution in [1.82, 2.24) is 5.43 Å². The SMILES string of the molecule is CCOC(=O)c1c(NC(=O)C(=O)N/N=C(\C)c2ccc(OC(=O)c3ccccc3Cl)c(OC)c2)sc2c1CCCC2. The Bertz CT molecular complexity index is 1530. The van der Waals surface area contributed by atoms with Crippen molar-refractivity contribution in [2.45, 2.75) is 39.5 Å². The Morgan fingerprint density at radius 3 is 2.49 bits per heavy atom. The van der Waals surface area contributed by atoms with Crippen LogP contribution in [0.3, 0.4) is 0 Å². The third-order valence-corrected chi connectivity index (χ3v) is 7.82. The Balaban J connectivity index is 1.44. The quantitative estimate of drug-likeness (QED) is 0.120. The number of hydrogen-bond acceptors (Lipinski definition) is 9. The summed E-state index contributed by atoms with van der Waals surface area (Å²) in [6, 6.07) is 11.2. The molecule has 41 heavy (non-hydrogen) atoms. The van der Waals surface area contributed by atoms with Crippen LogP contribution in [0.5, 0.6) is 11.5 Å². The number of anilines is 1. The van der Waals surface area contributed by atoms with Crippen molar-refractivity contribution in [2.24, 2.45) is 5.10 Å². The van der Waals surface area contributed by atoms with Gasteiger partial charge in [0, 0.05) is 10.4 Å². The maximum atomic E-state index is 12.7. The van der Waals surface area contributed by atoms with Crippen LogP contribution in [0.25, 0.3) is 0 Å². The summed E-state index contributed by atoms with van der Waals surface area (Å²) in [7, 11) is 1.41. The molecule has 1 aromatic heterocycles. The Kier molecular flexibility index (Phi) is 9.74. The van der Waals surface area contributed by atoms with Crippen LogP contribution in [0, 0.1) is 0 Å². The number of hydrazone groups is 1. The van der Waals surface area contributed by atoms with Gasteiger partial charge in [0.25, 0.3) is 0 Å². The third kappa shape index (κ3) is 6.93. The molecule has 1 aliphatic carbocycles. The Morgan fingerprint density at radius 1 is 1.00 bits per heavy atom. The van der Waals surface area contributed by atoms with E-state index in [2.05, 4.69) is 15.8 Å². The lowest BCUT2D eigenvalue weighted by Gasteiger charge is -2.12. The first-order valence-corrected chi connectivity index (χ1v) is 14.0. The number of amides is 2. The van der Waals surface area contributed by atoms with Gasteiger partial charge in [0.2, 0.25) is 0 Å². The fraction of sp³-hybridized carbons (Fsp3) is 0.276. The van der Waals surface area contributed by atoms with Crippen LogP contribution in [-0.4, -0.2) is 43.2 Å². The van der Waals surface area contributed by atoms with E-state index in [0.717, 1.165) is 29.7 Å². The van der Waals surface area contributed by atoms with Crippen molar-refractivity contribution in [2.75, 3.05) is 19.0 Å². The zero-order valence-corrected chi connectivity index (χ0v) is 24.2. The first-order chi connectivity index (χ1) is 19.7. The highest BCUT2D eigenvalue weighted by atomic mass is 35.5. The van der Waals surface area contributed by atoms with Crippen LogP contribution in [0.2, 0.25) is 5.02 Å². The van der Waals surface area contributed by atoms with E-state index in [4.69, 9.17) is 25.8 Å². The second kappa shape index (κ2) is 13.4. The number of aryl methyl sites for hydroxylation is 1. The zero-order valence-electron chi connectivity index (χ0n) is 22.7. The standard InChI is InChI=1S/C29H28ClN3O7S/c1-4-39-29(37)24-19-10-6-8-12-23(19)41-27(24)31-25(34)26(35)33-32-16(2)17-13-14-21(22(15-17)38-3)40-28(36)18-9-5-7-11-20(18)30/h5,7,9,11,13-15H,4,6,8,10,12H2,1-3H3,(H,31,34)(H,33,35)/b32-16+. The van der Waals surface area contributed by atoms with Crippen molar-refractivity contribution in [1.29, 1.82) is 0 Å². The molecule has 0 bridgehead atoms. The van der Waals surface area contributed by atoms with Gasteiger partial charge < -0.3 is 19.5 Å². The summed E-state index contributed by atoms with van der Waals surface area (Å²) >= 11 is 7.37. The molecule has 0 atom stereocenters. The molecule has 0 aliphatic heterocycles. The first kappa shape index (κ1) is 29.8. The summed E-state index contributed by atoms with van der Waals surface area (Å²) in [5.74, 6) is -2.74. The van der Waals surface area contributed by atoms with Crippen molar-refractivity contribution < 1.29 is 33.4 Å². The number of esters is 2. The summed E-state index contributed by atoms with van der Waals surface area (Å²) < 4.78 is 16.0. The Labute approximate surface area is 245 Å². The zero-order chi connectivity index (χ0) is 29.5. The molecule has 0 fully saturated rings. The van der Waals surface area contributed by atoms with Gasteiger partial charge in [-0.3, -0.25) is 9.59 Å². The number of rotatable bonds is 8. The van der Waals surface area contributed by atoms with Gasteiger partial charge in [-0.2, -0.15) is 5.10 Å². The minimum absolute atomic E-state index is 0.161. The Morgan fingerprint density at radius 2 is 1.76 bits per heavy atom. The van der Waals surface area contributed by atoms with Crippen LogP contribution in [0.15, 0.2) is 47.6 Å². The average molecular weight is 598 g/mol. The van der Waals surface area contributed by atoms with Crippen molar-refractivity contribution in [3.8, 4) is 11.5 Å². The maximum absolute atomic E-state index is 12.7. The lowest BCUT2D eigenvalue weighted by molar-refractivity contribution is -0.136. The van der Waals surface area contributed by atoms with E-state index in [0.29, 0.717) is 28.3 Å². The number of thiophene rings is 1. The summed E-state index contributed by atoms with van der Waals surface area (Å²) in [4.78, 5) is 51.4. The molecular formula is C29H28ClN3O7S. The van der Waals surface area contributed by atoms with Gasteiger partial charge in [0.1, 0.15) is 5.00 Å². The van der Waals surface area contributed by atoms with Crippen LogP contribution in [0.1, 0.15) is 63.4 Å². The molecule has 3 aromatic rings. The number of nitrogens with zero attached hydrogens (tertiary/aromatic N) is 1. The number of halogens is 1. The molecule has 0 saturated carbocycles. The molecular weight excluding hydrogens is 570 g/mol. The minimum Gasteiger partial charge on any atom is -0.493 e. The molecule has 0 radical (unpaired) electrons. The first-order valence-electron chi connectivity index (χ1n) is 12.9. The van der Waals surface area contributed by atoms with Crippen LogP contribution < -0.4 is 20.2 Å². The molecule has 0 unspecified atom stereocenters. The van der Waals surface area contributed by atoms with Gasteiger partial charge in [-0.15, -0.1) is 11.3 Å². The largest absolute Gasteiger partial charge is 0.493 e. The monoisotopic (exact) mass is 597 g/mol. The van der Waals surface area contributed by atoms with E-state index < -0.39 is 23.8 Å². The topological polar surface area (TPSA) is 132 Å². The molecule has 4 rings (SSSR count). The van der Waals surface area contributed by atoms with E-state index >= 15 is 0 Å². The molecule has 10 nitrogen and oxygen atoms in total. The molecule has 0 spiro atoms. The highest BCUT2D eigenvalue weighted by Crippen LogP contribution is 2.38.